The van der Waals surface area contributed by atoms with Crippen LogP contribution >= 0.6 is 0 Å². The van der Waals surface area contributed by atoms with Crippen LogP contribution in [0.15, 0.2) is 18.2 Å². The van der Waals surface area contributed by atoms with Gasteiger partial charge >= 0.3 is 0 Å². The summed E-state index contributed by atoms with van der Waals surface area (Å²) >= 11 is 0. The number of nitrogens with zero attached hydrogens (tertiary/aromatic N) is 1. The van der Waals surface area contributed by atoms with E-state index in [1.165, 1.54) is 12.8 Å². The first-order valence-electron chi connectivity index (χ1n) is 7.39. The molecule has 0 aromatic heterocycles. The van der Waals surface area contributed by atoms with E-state index in [-0.39, 0.29) is 6.04 Å². The molecular formula is C16H26N2O2. The van der Waals surface area contributed by atoms with E-state index in [2.05, 4.69) is 17.9 Å². The SMILES string of the molecule is CCC1CCN(C(CN)c2ccc(OC)cc2OC)C1. The maximum Gasteiger partial charge on any atom is 0.127 e. The number of nitrogens with two attached hydrogens (primary N) is 1. The summed E-state index contributed by atoms with van der Waals surface area (Å²) in [7, 11) is 3.37. The van der Waals surface area contributed by atoms with Crippen molar-refractivity contribution in [1.29, 1.82) is 0 Å². The second-order valence-electron chi connectivity index (χ2n) is 5.42. The zero-order valence-corrected chi connectivity index (χ0v) is 12.8. The van der Waals surface area contributed by atoms with Gasteiger partial charge < -0.3 is 15.2 Å². The Bertz CT molecular complexity index is 436. The Kier molecular flexibility index (Phi) is 5.26. The van der Waals surface area contributed by atoms with Crippen molar-refractivity contribution < 1.29 is 9.47 Å². The van der Waals surface area contributed by atoms with Crippen LogP contribution in [0.1, 0.15) is 31.4 Å². The highest BCUT2D eigenvalue weighted by molar-refractivity contribution is 5.42. The summed E-state index contributed by atoms with van der Waals surface area (Å²) in [6.07, 6.45) is 2.51. The number of methoxy groups -OCH3 is 2. The summed E-state index contributed by atoms with van der Waals surface area (Å²) in [5.74, 6) is 2.47. The quantitative estimate of drug-likeness (QED) is 0.868. The Hall–Kier alpha value is -1.26. The topological polar surface area (TPSA) is 47.7 Å². The lowest BCUT2D eigenvalue weighted by molar-refractivity contribution is 0.235. The Labute approximate surface area is 121 Å². The third-order valence-corrected chi connectivity index (χ3v) is 4.36. The van der Waals surface area contributed by atoms with Gasteiger partial charge in [-0.3, -0.25) is 4.90 Å². The van der Waals surface area contributed by atoms with Crippen molar-refractivity contribution in [2.75, 3.05) is 33.9 Å². The van der Waals surface area contributed by atoms with E-state index in [0.717, 1.165) is 36.1 Å². The first-order valence-corrected chi connectivity index (χ1v) is 7.39. The van der Waals surface area contributed by atoms with E-state index in [1.807, 2.05) is 12.1 Å². The van der Waals surface area contributed by atoms with Crippen molar-refractivity contribution in [3.63, 3.8) is 0 Å². The molecule has 1 aromatic carbocycles. The summed E-state index contributed by atoms with van der Waals surface area (Å²) in [6, 6.07) is 6.22. The molecule has 1 aliphatic rings. The van der Waals surface area contributed by atoms with Crippen LogP contribution in [0.4, 0.5) is 0 Å². The molecule has 0 amide bonds. The zero-order chi connectivity index (χ0) is 14.5. The number of hydrogen-bond acceptors (Lipinski definition) is 4. The molecule has 1 aromatic rings. The lowest BCUT2D eigenvalue weighted by Crippen LogP contribution is -2.32. The Morgan fingerprint density at radius 2 is 2.15 bits per heavy atom. The molecule has 4 nitrogen and oxygen atoms in total. The molecule has 1 heterocycles. The van der Waals surface area contributed by atoms with Crippen LogP contribution < -0.4 is 15.2 Å². The second kappa shape index (κ2) is 6.95. The van der Waals surface area contributed by atoms with Crippen molar-refractivity contribution in [2.24, 2.45) is 11.7 Å². The number of benzene rings is 1. The molecule has 20 heavy (non-hydrogen) atoms. The lowest BCUT2D eigenvalue weighted by Gasteiger charge is -2.28. The first kappa shape index (κ1) is 15.1. The molecular weight excluding hydrogens is 252 g/mol. The molecule has 112 valence electrons. The lowest BCUT2D eigenvalue weighted by atomic mass is 10.0. The fraction of sp³-hybridized carbons (Fsp3) is 0.625. The largest absolute Gasteiger partial charge is 0.497 e. The van der Waals surface area contributed by atoms with Gasteiger partial charge in [-0.25, -0.2) is 0 Å². The van der Waals surface area contributed by atoms with Crippen LogP contribution in [0.3, 0.4) is 0 Å². The highest BCUT2D eigenvalue weighted by Gasteiger charge is 2.29. The minimum Gasteiger partial charge on any atom is -0.497 e. The third kappa shape index (κ3) is 3.07. The molecule has 1 aliphatic heterocycles. The van der Waals surface area contributed by atoms with Gasteiger partial charge in [0, 0.05) is 24.7 Å². The molecule has 2 N–H and O–H groups in total. The maximum atomic E-state index is 6.04. The first-order chi connectivity index (χ1) is 9.73. The summed E-state index contributed by atoms with van der Waals surface area (Å²) in [4.78, 5) is 2.48. The normalized spacial score (nSPS) is 20.9. The van der Waals surface area contributed by atoms with Gasteiger partial charge in [0.1, 0.15) is 11.5 Å². The average molecular weight is 278 g/mol. The van der Waals surface area contributed by atoms with E-state index in [0.29, 0.717) is 6.54 Å². The highest BCUT2D eigenvalue weighted by atomic mass is 16.5. The molecule has 2 atom stereocenters. The van der Waals surface area contributed by atoms with Crippen LogP contribution in [0, 0.1) is 5.92 Å². The van der Waals surface area contributed by atoms with Gasteiger partial charge in [-0.1, -0.05) is 19.4 Å². The molecule has 4 heteroatoms. The van der Waals surface area contributed by atoms with Crippen molar-refractivity contribution in [3.05, 3.63) is 23.8 Å². The Morgan fingerprint density at radius 3 is 2.70 bits per heavy atom. The fourth-order valence-corrected chi connectivity index (χ4v) is 3.05. The minimum absolute atomic E-state index is 0.229. The number of rotatable bonds is 6. The minimum atomic E-state index is 0.229. The van der Waals surface area contributed by atoms with Gasteiger partial charge in [-0.05, 0) is 24.9 Å². The molecule has 0 spiro atoms. The molecule has 0 bridgehead atoms. The van der Waals surface area contributed by atoms with Gasteiger partial charge in [-0.2, -0.15) is 0 Å². The molecule has 1 fully saturated rings. The van der Waals surface area contributed by atoms with E-state index >= 15 is 0 Å². The van der Waals surface area contributed by atoms with Crippen LogP contribution in [0.5, 0.6) is 11.5 Å². The molecule has 0 radical (unpaired) electrons. The van der Waals surface area contributed by atoms with Crippen molar-refractivity contribution in [2.45, 2.75) is 25.8 Å². The predicted molar refractivity (Wildman–Crippen MR) is 81.3 cm³/mol. The number of likely N-dealkylation sites (tertiary alicyclic amines) is 1. The molecule has 2 rings (SSSR count). The number of hydrogen-bond donors (Lipinski definition) is 1. The zero-order valence-electron chi connectivity index (χ0n) is 12.8. The van der Waals surface area contributed by atoms with Crippen LogP contribution in [0.25, 0.3) is 0 Å². The molecule has 0 saturated carbocycles. The highest BCUT2D eigenvalue weighted by Crippen LogP contribution is 2.35. The van der Waals surface area contributed by atoms with E-state index in [1.54, 1.807) is 14.2 Å². The number of ether oxygens (including phenoxy) is 2. The van der Waals surface area contributed by atoms with Gasteiger partial charge in [-0.15, -0.1) is 0 Å². The van der Waals surface area contributed by atoms with Crippen molar-refractivity contribution in [3.8, 4) is 11.5 Å². The molecule has 1 saturated heterocycles. The standard InChI is InChI=1S/C16H26N2O2/c1-4-12-7-8-18(11-12)15(10-17)14-6-5-13(19-2)9-16(14)20-3/h5-6,9,12,15H,4,7-8,10-11,17H2,1-3H3. The van der Waals surface area contributed by atoms with Crippen LogP contribution in [-0.2, 0) is 0 Å². The third-order valence-electron chi connectivity index (χ3n) is 4.36. The maximum absolute atomic E-state index is 6.04. The van der Waals surface area contributed by atoms with Crippen molar-refractivity contribution >= 4 is 0 Å². The van der Waals surface area contributed by atoms with Gasteiger partial charge in [0.15, 0.2) is 0 Å². The Morgan fingerprint density at radius 1 is 1.35 bits per heavy atom. The summed E-state index contributed by atoms with van der Waals surface area (Å²) < 4.78 is 10.8. The van der Waals surface area contributed by atoms with Crippen molar-refractivity contribution in [1.82, 2.24) is 4.90 Å². The average Bonchev–Trinajstić information content (AvgIpc) is 2.97. The van der Waals surface area contributed by atoms with E-state index in [4.69, 9.17) is 15.2 Å². The van der Waals surface area contributed by atoms with Crippen LogP contribution in [-0.4, -0.2) is 38.8 Å². The monoisotopic (exact) mass is 278 g/mol. The van der Waals surface area contributed by atoms with Crippen LogP contribution in [0.2, 0.25) is 0 Å². The predicted octanol–water partition coefficient (Wildman–Crippen LogP) is 2.44. The van der Waals surface area contributed by atoms with Gasteiger partial charge in [0.2, 0.25) is 0 Å². The summed E-state index contributed by atoms with van der Waals surface area (Å²) in [5.41, 5.74) is 7.20. The Balaban J connectivity index is 2.23. The smallest absolute Gasteiger partial charge is 0.127 e. The molecule has 0 aliphatic carbocycles. The second-order valence-corrected chi connectivity index (χ2v) is 5.42. The fourth-order valence-electron chi connectivity index (χ4n) is 3.05. The van der Waals surface area contributed by atoms with E-state index in [9.17, 15) is 0 Å². The van der Waals surface area contributed by atoms with Gasteiger partial charge in [0.05, 0.1) is 20.3 Å². The summed E-state index contributed by atoms with van der Waals surface area (Å²) in [5, 5.41) is 0. The molecule has 2 unspecified atom stereocenters. The van der Waals surface area contributed by atoms with E-state index < -0.39 is 0 Å². The van der Waals surface area contributed by atoms with Gasteiger partial charge in [0.25, 0.3) is 0 Å². The summed E-state index contributed by atoms with van der Waals surface area (Å²) in [6.45, 7) is 5.13.